The molecule has 1 N–H and O–H groups in total. The maximum Gasteiger partial charge on any atom is 0.528 e. The fourth-order valence-corrected chi connectivity index (χ4v) is 2.06. The smallest absolute Gasteiger partial charge is 0.508 e. The number of benzene rings is 1. The molecule has 0 saturated heterocycles. The lowest BCUT2D eigenvalue weighted by atomic mass is 10.1. The summed E-state index contributed by atoms with van der Waals surface area (Å²) < 4.78 is 24.0. The van der Waals surface area contributed by atoms with Crippen molar-refractivity contribution >= 4 is 12.1 Å². The molecule has 0 spiro atoms. The summed E-state index contributed by atoms with van der Waals surface area (Å²) >= 11 is 0. The Morgan fingerprint density at radius 3 is 2.00 bits per heavy atom. The highest BCUT2D eigenvalue weighted by Gasteiger charge is 2.34. The highest BCUT2D eigenvalue weighted by atomic mass is 18.2. The zero-order chi connectivity index (χ0) is 20.8. The molecule has 0 fully saturated rings. The highest BCUT2D eigenvalue weighted by Crippen LogP contribution is 2.19. The monoisotopic (exact) mass is 384 g/mol. The minimum Gasteiger partial charge on any atom is -0.508 e. The van der Waals surface area contributed by atoms with Gasteiger partial charge in [0.2, 0.25) is 0 Å². The second-order valence-corrected chi connectivity index (χ2v) is 8.01. The van der Waals surface area contributed by atoms with Crippen LogP contribution in [0, 0.1) is 0 Å². The second-order valence-electron chi connectivity index (χ2n) is 8.01. The third kappa shape index (κ3) is 8.72. The van der Waals surface area contributed by atoms with Gasteiger partial charge in [-0.1, -0.05) is 17.2 Å². The number of carbonyl (C=O) groups is 2. The Balaban J connectivity index is 3.03. The first-order valence-corrected chi connectivity index (χ1v) is 8.55. The normalized spacial score (nSPS) is 13.2. The second kappa shape index (κ2) is 9.03. The highest BCUT2D eigenvalue weighted by molar-refractivity contribution is 5.76. The number of rotatable bonds is 6. The molecule has 0 radical (unpaired) electrons. The first-order valence-electron chi connectivity index (χ1n) is 8.55. The molecule has 0 aliphatic heterocycles. The summed E-state index contributed by atoms with van der Waals surface area (Å²) in [6.45, 7) is 8.70. The largest absolute Gasteiger partial charge is 0.528 e. The van der Waals surface area contributed by atoms with E-state index in [-0.39, 0.29) is 12.2 Å². The molecule has 1 atom stereocenters. The van der Waals surface area contributed by atoms with Gasteiger partial charge in [0.05, 0.1) is 0 Å². The maximum absolute atomic E-state index is 13.6. The molecule has 8 heteroatoms. The summed E-state index contributed by atoms with van der Waals surface area (Å²) in [4.78, 5) is 29.4. The van der Waals surface area contributed by atoms with Crippen molar-refractivity contribution in [3.63, 3.8) is 0 Å². The van der Waals surface area contributed by atoms with E-state index in [1.165, 1.54) is 12.1 Å². The van der Waals surface area contributed by atoms with E-state index in [1.54, 1.807) is 53.7 Å². The number of esters is 1. The van der Waals surface area contributed by atoms with Crippen molar-refractivity contribution in [2.45, 2.75) is 65.2 Å². The number of hydrogen-bond donors (Lipinski definition) is 1. The van der Waals surface area contributed by atoms with E-state index >= 15 is 0 Å². The predicted molar refractivity (Wildman–Crippen MR) is 96.6 cm³/mol. The van der Waals surface area contributed by atoms with Crippen molar-refractivity contribution in [2.75, 3.05) is 6.80 Å². The van der Waals surface area contributed by atoms with Gasteiger partial charge in [-0.05, 0) is 59.2 Å². The minimum atomic E-state index is -1.23. The quantitative estimate of drug-likeness (QED) is 0.454. The molecule has 1 aromatic carbocycles. The maximum atomic E-state index is 13.6. The minimum absolute atomic E-state index is 0.00190. The number of hydrogen-bond acceptors (Lipinski definition) is 7. The molecule has 0 heterocycles. The van der Waals surface area contributed by atoms with Gasteiger partial charge in [0.15, 0.2) is 12.8 Å². The summed E-state index contributed by atoms with van der Waals surface area (Å²) in [5, 5.41) is 9.98. The molecule has 27 heavy (non-hydrogen) atoms. The van der Waals surface area contributed by atoms with E-state index in [0.29, 0.717) is 10.6 Å². The number of hydroxylamine groups is 2. The molecule has 152 valence electrons. The lowest BCUT2D eigenvalue weighted by Crippen LogP contribution is -2.47. The SMILES string of the molecule is CC(C)(C)OC(=O)ON(C[18F])[C@H](Cc1ccc(O)cc1)C(=O)OC(C)(C)C. The lowest BCUT2D eigenvalue weighted by molar-refractivity contribution is -0.204. The standard InChI is InChI=1S/C19H28FNO6/c1-18(2,3)25-16(23)15(11-13-7-9-14(22)10-8-13)21(12-20)27-17(24)26-19(4,5)6/h7-10,15,22H,11-12H2,1-6H3/t15-/m1/s1/i20-1. The Morgan fingerprint density at radius 2 is 1.56 bits per heavy atom. The molecule has 0 unspecified atom stereocenters. The molecule has 1 aromatic rings. The first-order chi connectivity index (χ1) is 12.3. The molecule has 1 rings (SSSR count). The van der Waals surface area contributed by atoms with Crippen molar-refractivity contribution in [3.8, 4) is 5.75 Å². The number of halogens is 1. The van der Waals surface area contributed by atoms with Crippen LogP contribution in [0.15, 0.2) is 24.3 Å². The van der Waals surface area contributed by atoms with Crippen LogP contribution in [0.4, 0.5) is 9.18 Å². The molecule has 0 aromatic heterocycles. The Labute approximate surface area is 159 Å². The van der Waals surface area contributed by atoms with Crippen LogP contribution in [0.2, 0.25) is 0 Å². The number of carbonyl (C=O) groups excluding carboxylic acids is 2. The topological polar surface area (TPSA) is 85.3 Å². The van der Waals surface area contributed by atoms with Gasteiger partial charge in [-0.25, -0.2) is 9.18 Å². The fourth-order valence-electron chi connectivity index (χ4n) is 2.06. The number of nitrogens with zero attached hydrogens (tertiary/aromatic N) is 1. The van der Waals surface area contributed by atoms with Crippen LogP contribution in [0.3, 0.4) is 0 Å². The number of alkyl halides is 1. The Kier molecular flexibility index (Phi) is 7.59. The Hall–Kier alpha value is -2.35. The van der Waals surface area contributed by atoms with Gasteiger partial charge in [-0.15, -0.1) is 0 Å². The third-order valence-corrected chi connectivity index (χ3v) is 3.09. The van der Waals surface area contributed by atoms with Gasteiger partial charge in [-0.2, -0.15) is 0 Å². The van der Waals surface area contributed by atoms with Crippen LogP contribution in [0.5, 0.6) is 5.75 Å². The molecule has 0 saturated carbocycles. The average molecular weight is 384 g/mol. The van der Waals surface area contributed by atoms with Crippen molar-refractivity contribution in [3.05, 3.63) is 29.8 Å². The van der Waals surface area contributed by atoms with Crippen molar-refractivity contribution in [1.29, 1.82) is 0 Å². The number of phenols is 1. The summed E-state index contributed by atoms with van der Waals surface area (Å²) in [7, 11) is 0. The van der Waals surface area contributed by atoms with Crippen LogP contribution in [-0.2, 0) is 25.5 Å². The summed E-state index contributed by atoms with van der Waals surface area (Å²) in [6, 6.07) is 4.81. The predicted octanol–water partition coefficient (Wildman–Crippen LogP) is 3.74. The van der Waals surface area contributed by atoms with Gasteiger partial charge in [-0.3, -0.25) is 4.79 Å². The van der Waals surface area contributed by atoms with Gasteiger partial charge in [0.1, 0.15) is 17.0 Å². The van der Waals surface area contributed by atoms with Crippen LogP contribution in [0.1, 0.15) is 47.1 Å². The van der Waals surface area contributed by atoms with Gasteiger partial charge in [0.25, 0.3) is 0 Å². The zero-order valence-corrected chi connectivity index (χ0v) is 16.6. The summed E-state index contributed by atoms with van der Waals surface area (Å²) in [6.07, 6.45) is -1.12. The molecule has 0 bridgehead atoms. The fraction of sp³-hybridized carbons (Fsp3) is 0.579. The zero-order valence-electron chi connectivity index (χ0n) is 16.6. The average Bonchev–Trinajstić information content (AvgIpc) is 2.49. The van der Waals surface area contributed by atoms with E-state index in [9.17, 15) is 19.1 Å². The van der Waals surface area contributed by atoms with E-state index in [2.05, 4.69) is 0 Å². The number of aromatic hydroxyl groups is 1. The number of phenolic OH excluding ortho intramolecular Hbond substituents is 1. The van der Waals surface area contributed by atoms with Crippen molar-refractivity contribution in [1.82, 2.24) is 5.06 Å². The molecular weight excluding hydrogens is 356 g/mol. The lowest BCUT2D eigenvalue weighted by Gasteiger charge is -2.30. The molecular formula is C19H28FNO6. The Bertz CT molecular complexity index is 633. The van der Waals surface area contributed by atoms with Crippen LogP contribution in [0.25, 0.3) is 0 Å². The molecule has 7 nitrogen and oxygen atoms in total. The molecule has 0 aliphatic carbocycles. The van der Waals surface area contributed by atoms with E-state index in [1.807, 2.05) is 0 Å². The van der Waals surface area contributed by atoms with E-state index in [4.69, 9.17) is 14.3 Å². The van der Waals surface area contributed by atoms with Crippen molar-refractivity contribution < 1.29 is 33.4 Å². The van der Waals surface area contributed by atoms with Gasteiger partial charge in [0, 0.05) is 6.42 Å². The van der Waals surface area contributed by atoms with Crippen LogP contribution < -0.4 is 0 Å². The van der Waals surface area contributed by atoms with Crippen LogP contribution >= 0.6 is 0 Å². The molecule has 0 aliphatic rings. The summed E-state index contributed by atoms with van der Waals surface area (Å²) in [5.74, 6) is -0.697. The van der Waals surface area contributed by atoms with Gasteiger partial charge >= 0.3 is 12.1 Å². The first kappa shape index (κ1) is 22.7. The number of ether oxygens (including phenoxy) is 2. The van der Waals surface area contributed by atoms with Crippen LogP contribution in [-0.4, -0.2) is 46.3 Å². The van der Waals surface area contributed by atoms with E-state index in [0.717, 1.165) is 0 Å². The van der Waals surface area contributed by atoms with E-state index < -0.39 is 36.2 Å². The summed E-state index contributed by atoms with van der Waals surface area (Å²) in [5.41, 5.74) is -1.02. The Morgan fingerprint density at radius 1 is 1.04 bits per heavy atom. The molecule has 0 amide bonds. The van der Waals surface area contributed by atoms with Crippen molar-refractivity contribution in [2.24, 2.45) is 0 Å². The van der Waals surface area contributed by atoms with Gasteiger partial charge < -0.3 is 19.4 Å². The third-order valence-electron chi connectivity index (χ3n) is 3.09.